The third-order valence-electron chi connectivity index (χ3n) is 3.58. The van der Waals surface area contributed by atoms with E-state index in [0.717, 1.165) is 27.9 Å². The van der Waals surface area contributed by atoms with Crippen LogP contribution in [0.15, 0.2) is 46.9 Å². The molecule has 2 rings (SSSR count). The maximum atomic E-state index is 12.0. The molecule has 2 aromatic rings. The van der Waals surface area contributed by atoms with Crippen molar-refractivity contribution in [1.82, 2.24) is 0 Å². The minimum atomic E-state index is -0.171. The van der Waals surface area contributed by atoms with E-state index in [1.165, 1.54) is 18.4 Å². The van der Waals surface area contributed by atoms with Crippen LogP contribution in [0.1, 0.15) is 30.9 Å². The van der Waals surface area contributed by atoms with Gasteiger partial charge in [-0.2, -0.15) is 0 Å². The van der Waals surface area contributed by atoms with E-state index in [-0.39, 0.29) is 12.5 Å². The van der Waals surface area contributed by atoms with Gasteiger partial charge in [0.05, 0.1) is 5.69 Å². The summed E-state index contributed by atoms with van der Waals surface area (Å²) in [7, 11) is 0. The molecule has 23 heavy (non-hydrogen) atoms. The molecule has 2 aromatic carbocycles. The van der Waals surface area contributed by atoms with Crippen molar-refractivity contribution in [2.45, 2.75) is 33.1 Å². The second kappa shape index (κ2) is 8.73. The maximum absolute atomic E-state index is 12.0. The van der Waals surface area contributed by atoms with Crippen molar-refractivity contribution in [2.24, 2.45) is 0 Å². The zero-order chi connectivity index (χ0) is 16.7. The third-order valence-corrected chi connectivity index (χ3v) is 4.24. The van der Waals surface area contributed by atoms with Gasteiger partial charge in [0, 0.05) is 4.47 Å². The molecule has 0 aliphatic heterocycles. The van der Waals surface area contributed by atoms with E-state index in [1.807, 2.05) is 37.3 Å². The Hall–Kier alpha value is -1.81. The largest absolute Gasteiger partial charge is 0.483 e. The van der Waals surface area contributed by atoms with E-state index in [0.29, 0.717) is 0 Å². The number of para-hydroxylation sites is 1. The van der Waals surface area contributed by atoms with Gasteiger partial charge in [0.15, 0.2) is 6.61 Å². The van der Waals surface area contributed by atoms with Crippen molar-refractivity contribution in [1.29, 1.82) is 0 Å². The number of ether oxygens (including phenoxy) is 1. The molecule has 0 saturated heterocycles. The second-order valence-electron chi connectivity index (χ2n) is 5.52. The van der Waals surface area contributed by atoms with Crippen molar-refractivity contribution in [3.63, 3.8) is 0 Å². The van der Waals surface area contributed by atoms with Crippen LogP contribution in [-0.2, 0) is 11.2 Å². The van der Waals surface area contributed by atoms with Crippen LogP contribution < -0.4 is 10.1 Å². The number of carbonyl (C=O) groups is 1. The SMILES string of the molecule is CCCCc1ccc(NC(=O)COc2ccccc2C)c(Br)c1. The fourth-order valence-corrected chi connectivity index (χ4v) is 2.77. The summed E-state index contributed by atoms with van der Waals surface area (Å²) < 4.78 is 6.46. The maximum Gasteiger partial charge on any atom is 0.262 e. The van der Waals surface area contributed by atoms with E-state index in [9.17, 15) is 4.79 Å². The molecule has 0 radical (unpaired) electrons. The summed E-state index contributed by atoms with van der Waals surface area (Å²) >= 11 is 3.52. The average Bonchev–Trinajstić information content (AvgIpc) is 2.54. The molecule has 3 nitrogen and oxygen atoms in total. The number of nitrogens with one attached hydrogen (secondary N) is 1. The highest BCUT2D eigenvalue weighted by Crippen LogP contribution is 2.24. The predicted molar refractivity (Wildman–Crippen MR) is 98.1 cm³/mol. The fraction of sp³-hybridized carbons (Fsp3) is 0.316. The van der Waals surface area contributed by atoms with Crippen LogP contribution in [0.3, 0.4) is 0 Å². The van der Waals surface area contributed by atoms with Crippen LogP contribution in [-0.4, -0.2) is 12.5 Å². The van der Waals surface area contributed by atoms with Crippen molar-refractivity contribution in [3.8, 4) is 5.75 Å². The number of hydrogen-bond donors (Lipinski definition) is 1. The first-order chi connectivity index (χ1) is 11.1. The first-order valence-corrected chi connectivity index (χ1v) is 8.66. The Bertz CT molecular complexity index is 670. The summed E-state index contributed by atoms with van der Waals surface area (Å²) in [5.41, 5.74) is 3.05. The highest BCUT2D eigenvalue weighted by molar-refractivity contribution is 9.10. The highest BCUT2D eigenvalue weighted by atomic mass is 79.9. The number of carbonyl (C=O) groups excluding carboxylic acids is 1. The molecule has 4 heteroatoms. The summed E-state index contributed by atoms with van der Waals surface area (Å²) in [6.07, 6.45) is 3.40. The standard InChI is InChI=1S/C19H22BrNO2/c1-3-4-8-15-10-11-17(16(20)12-15)21-19(22)13-23-18-9-6-5-7-14(18)2/h5-7,9-12H,3-4,8,13H2,1-2H3,(H,21,22). The molecule has 0 unspecified atom stereocenters. The van der Waals surface area contributed by atoms with Gasteiger partial charge in [0.2, 0.25) is 0 Å². The molecule has 0 saturated carbocycles. The Morgan fingerprint density at radius 2 is 2.00 bits per heavy atom. The lowest BCUT2D eigenvalue weighted by molar-refractivity contribution is -0.118. The number of anilines is 1. The van der Waals surface area contributed by atoms with E-state index in [2.05, 4.69) is 40.3 Å². The van der Waals surface area contributed by atoms with Crippen molar-refractivity contribution >= 4 is 27.5 Å². The van der Waals surface area contributed by atoms with Crippen LogP contribution in [0.25, 0.3) is 0 Å². The molecule has 0 atom stereocenters. The molecule has 0 aliphatic rings. The van der Waals surface area contributed by atoms with Crippen LogP contribution in [0, 0.1) is 6.92 Å². The highest BCUT2D eigenvalue weighted by Gasteiger charge is 2.08. The molecular weight excluding hydrogens is 354 g/mol. The summed E-state index contributed by atoms with van der Waals surface area (Å²) in [5, 5.41) is 2.87. The summed E-state index contributed by atoms with van der Waals surface area (Å²) in [4.78, 5) is 12.0. The van der Waals surface area contributed by atoms with Crippen LogP contribution in [0.4, 0.5) is 5.69 Å². The van der Waals surface area contributed by atoms with E-state index in [4.69, 9.17) is 4.74 Å². The average molecular weight is 376 g/mol. The van der Waals surface area contributed by atoms with E-state index in [1.54, 1.807) is 0 Å². The molecule has 0 spiro atoms. The Kier molecular flexibility index (Phi) is 6.66. The number of hydrogen-bond acceptors (Lipinski definition) is 2. The number of unbranched alkanes of at least 4 members (excludes halogenated alkanes) is 1. The van der Waals surface area contributed by atoms with Gasteiger partial charge >= 0.3 is 0 Å². The Labute approximate surface area is 146 Å². The number of aryl methyl sites for hydroxylation is 2. The molecule has 1 amide bonds. The molecule has 0 heterocycles. The number of amides is 1. The normalized spacial score (nSPS) is 10.4. The van der Waals surface area contributed by atoms with Gasteiger partial charge in [0.1, 0.15) is 5.75 Å². The number of rotatable bonds is 7. The Balaban J connectivity index is 1.91. The zero-order valence-electron chi connectivity index (χ0n) is 13.6. The molecule has 0 aliphatic carbocycles. The molecule has 0 aromatic heterocycles. The first kappa shape index (κ1) is 17.5. The number of benzene rings is 2. The Morgan fingerprint density at radius 3 is 2.70 bits per heavy atom. The third kappa shape index (κ3) is 5.39. The molecule has 1 N–H and O–H groups in total. The fourth-order valence-electron chi connectivity index (χ4n) is 2.24. The van der Waals surface area contributed by atoms with E-state index < -0.39 is 0 Å². The molecule has 0 bridgehead atoms. The smallest absolute Gasteiger partial charge is 0.262 e. The molecule has 0 fully saturated rings. The van der Waals surface area contributed by atoms with Crippen molar-refractivity contribution in [3.05, 3.63) is 58.1 Å². The topological polar surface area (TPSA) is 38.3 Å². The van der Waals surface area contributed by atoms with Gasteiger partial charge in [-0.1, -0.05) is 37.6 Å². The van der Waals surface area contributed by atoms with Crippen molar-refractivity contribution in [2.75, 3.05) is 11.9 Å². The van der Waals surface area contributed by atoms with E-state index >= 15 is 0 Å². The number of halogens is 1. The van der Waals surface area contributed by atoms with Crippen molar-refractivity contribution < 1.29 is 9.53 Å². The minimum absolute atomic E-state index is 0.00508. The Morgan fingerprint density at radius 1 is 1.22 bits per heavy atom. The lowest BCUT2D eigenvalue weighted by atomic mass is 10.1. The first-order valence-electron chi connectivity index (χ1n) is 7.87. The second-order valence-corrected chi connectivity index (χ2v) is 6.37. The van der Waals surface area contributed by atoms with Gasteiger partial charge < -0.3 is 10.1 Å². The quantitative estimate of drug-likeness (QED) is 0.729. The monoisotopic (exact) mass is 375 g/mol. The van der Waals surface area contributed by atoms with Gasteiger partial charge in [-0.25, -0.2) is 0 Å². The summed E-state index contributed by atoms with van der Waals surface area (Å²) in [6, 6.07) is 13.7. The summed E-state index contributed by atoms with van der Waals surface area (Å²) in [5.74, 6) is 0.562. The lowest BCUT2D eigenvalue weighted by Gasteiger charge is -2.11. The minimum Gasteiger partial charge on any atom is -0.483 e. The van der Waals surface area contributed by atoms with Gasteiger partial charge in [-0.05, 0) is 65.0 Å². The summed E-state index contributed by atoms with van der Waals surface area (Å²) in [6.45, 7) is 4.13. The molecular formula is C19H22BrNO2. The lowest BCUT2D eigenvalue weighted by Crippen LogP contribution is -2.20. The van der Waals surface area contributed by atoms with Gasteiger partial charge in [-0.3, -0.25) is 4.79 Å². The van der Waals surface area contributed by atoms with Crippen LogP contribution in [0.2, 0.25) is 0 Å². The molecule has 122 valence electrons. The van der Waals surface area contributed by atoms with Crippen LogP contribution in [0.5, 0.6) is 5.75 Å². The zero-order valence-corrected chi connectivity index (χ0v) is 15.2. The van der Waals surface area contributed by atoms with Crippen LogP contribution >= 0.6 is 15.9 Å². The van der Waals surface area contributed by atoms with Gasteiger partial charge in [0.25, 0.3) is 5.91 Å². The predicted octanol–water partition coefficient (Wildman–Crippen LogP) is 5.12. The van der Waals surface area contributed by atoms with Gasteiger partial charge in [-0.15, -0.1) is 0 Å².